The highest BCUT2D eigenvalue weighted by Crippen LogP contribution is 2.10. The van der Waals surface area contributed by atoms with Crippen LogP contribution in [0.3, 0.4) is 0 Å². The Morgan fingerprint density at radius 3 is 2.55 bits per heavy atom. The van der Waals surface area contributed by atoms with E-state index in [-0.39, 0.29) is 5.69 Å². The van der Waals surface area contributed by atoms with Gasteiger partial charge in [-0.3, -0.25) is 9.56 Å². The summed E-state index contributed by atoms with van der Waals surface area (Å²) in [6.45, 7) is 9.70. The number of fused-ring (bicyclic) bond motifs is 1. The molecule has 2 aliphatic rings. The van der Waals surface area contributed by atoms with Crippen LogP contribution in [0.4, 0.5) is 0 Å². The zero-order valence-corrected chi connectivity index (χ0v) is 18.2. The zero-order chi connectivity index (χ0) is 20.3. The Labute approximate surface area is 174 Å². The first kappa shape index (κ1) is 21.9. The van der Waals surface area contributed by atoms with Gasteiger partial charge < -0.3 is 15.5 Å². The third-order valence-corrected chi connectivity index (χ3v) is 5.82. The minimum absolute atomic E-state index is 0.0437. The Morgan fingerprint density at radius 1 is 1.00 bits per heavy atom. The number of nitrogens with zero attached hydrogens (tertiary/aromatic N) is 5. The second kappa shape index (κ2) is 12.0. The summed E-state index contributed by atoms with van der Waals surface area (Å²) in [5.41, 5.74) is 0.0437. The fourth-order valence-corrected chi connectivity index (χ4v) is 4.22. The molecular formula is C21H39N7O. The molecule has 0 unspecified atom stereocenters. The Hall–Kier alpha value is -1.83. The third kappa shape index (κ3) is 6.87. The molecule has 3 rings (SSSR count). The van der Waals surface area contributed by atoms with Gasteiger partial charge in [-0.25, -0.2) is 9.48 Å². The first-order valence-corrected chi connectivity index (χ1v) is 11.7. The van der Waals surface area contributed by atoms with Gasteiger partial charge in [0.15, 0.2) is 5.96 Å². The predicted molar refractivity (Wildman–Crippen MR) is 118 cm³/mol. The second-order valence-electron chi connectivity index (χ2n) is 8.18. The third-order valence-electron chi connectivity index (χ3n) is 5.82. The molecule has 0 atom stereocenters. The molecule has 1 aromatic rings. The molecule has 3 heterocycles. The molecule has 0 saturated carbocycles. The van der Waals surface area contributed by atoms with Crippen LogP contribution in [-0.4, -0.2) is 64.5 Å². The summed E-state index contributed by atoms with van der Waals surface area (Å²) in [6, 6.07) is 0. The minimum Gasteiger partial charge on any atom is -0.357 e. The van der Waals surface area contributed by atoms with Crippen molar-refractivity contribution in [2.24, 2.45) is 4.99 Å². The van der Waals surface area contributed by atoms with Crippen molar-refractivity contribution in [2.45, 2.75) is 77.8 Å². The maximum absolute atomic E-state index is 12.4. The summed E-state index contributed by atoms with van der Waals surface area (Å²) in [7, 11) is 0. The second-order valence-corrected chi connectivity index (χ2v) is 8.18. The quantitative estimate of drug-likeness (QED) is 0.371. The smallest absolute Gasteiger partial charge is 0.345 e. The average molecular weight is 406 g/mol. The number of aromatic nitrogens is 3. The highest BCUT2D eigenvalue weighted by atomic mass is 16.2. The predicted octanol–water partition coefficient (Wildman–Crippen LogP) is 1.59. The maximum atomic E-state index is 12.4. The lowest BCUT2D eigenvalue weighted by Gasteiger charge is -2.20. The van der Waals surface area contributed by atoms with E-state index < -0.39 is 0 Å². The van der Waals surface area contributed by atoms with Crippen LogP contribution in [0.2, 0.25) is 0 Å². The van der Waals surface area contributed by atoms with Crippen LogP contribution in [-0.2, 0) is 19.5 Å². The summed E-state index contributed by atoms with van der Waals surface area (Å²) >= 11 is 0. The summed E-state index contributed by atoms with van der Waals surface area (Å²) in [6.07, 6.45) is 10.6. The number of rotatable bonds is 9. The Morgan fingerprint density at radius 2 is 1.79 bits per heavy atom. The van der Waals surface area contributed by atoms with Crippen LogP contribution in [0.25, 0.3) is 0 Å². The monoisotopic (exact) mass is 405 g/mol. The lowest BCUT2D eigenvalue weighted by atomic mass is 10.2. The van der Waals surface area contributed by atoms with E-state index in [2.05, 4.69) is 32.5 Å². The van der Waals surface area contributed by atoms with Crippen molar-refractivity contribution in [1.29, 1.82) is 0 Å². The van der Waals surface area contributed by atoms with Gasteiger partial charge in [-0.15, -0.1) is 0 Å². The first-order chi connectivity index (χ1) is 14.3. The molecule has 1 saturated heterocycles. The van der Waals surface area contributed by atoms with Crippen LogP contribution in [0.5, 0.6) is 0 Å². The molecule has 8 nitrogen and oxygen atoms in total. The molecule has 0 aromatic carbocycles. The van der Waals surface area contributed by atoms with E-state index in [9.17, 15) is 4.79 Å². The fourth-order valence-electron chi connectivity index (χ4n) is 4.22. The van der Waals surface area contributed by atoms with Gasteiger partial charge in [0.1, 0.15) is 5.82 Å². The van der Waals surface area contributed by atoms with E-state index in [0.717, 1.165) is 63.5 Å². The number of hydrogen-bond donors (Lipinski definition) is 2. The molecule has 1 fully saturated rings. The van der Waals surface area contributed by atoms with E-state index >= 15 is 0 Å². The number of aliphatic imine (C=N–C) groups is 1. The average Bonchev–Trinajstić information content (AvgIpc) is 2.89. The van der Waals surface area contributed by atoms with Gasteiger partial charge >= 0.3 is 5.69 Å². The molecule has 0 radical (unpaired) electrons. The van der Waals surface area contributed by atoms with Gasteiger partial charge in [-0.1, -0.05) is 12.8 Å². The number of nitrogens with one attached hydrogen (secondary N) is 2. The van der Waals surface area contributed by atoms with E-state index in [0.29, 0.717) is 13.1 Å². The van der Waals surface area contributed by atoms with E-state index in [4.69, 9.17) is 0 Å². The fraction of sp³-hybridized carbons (Fsp3) is 0.857. The molecule has 0 spiro atoms. The SMILES string of the molecule is CCNC(=NCCCn1nc2n(c1=O)CCCC2)NCCCN1CCCCCC1. The molecule has 1 aromatic heterocycles. The Bertz CT molecular complexity index is 686. The lowest BCUT2D eigenvalue weighted by molar-refractivity contribution is 0.282. The van der Waals surface area contributed by atoms with Crippen molar-refractivity contribution in [3.8, 4) is 0 Å². The van der Waals surface area contributed by atoms with Crippen molar-refractivity contribution in [3.63, 3.8) is 0 Å². The van der Waals surface area contributed by atoms with Gasteiger partial charge in [0.25, 0.3) is 0 Å². The van der Waals surface area contributed by atoms with Gasteiger partial charge in [0, 0.05) is 39.1 Å². The van der Waals surface area contributed by atoms with Crippen molar-refractivity contribution >= 4 is 5.96 Å². The highest BCUT2D eigenvalue weighted by molar-refractivity contribution is 5.79. The Balaban J connectivity index is 1.37. The van der Waals surface area contributed by atoms with Crippen LogP contribution < -0.4 is 16.3 Å². The normalized spacial score (nSPS) is 18.3. The Kier molecular flexibility index (Phi) is 9.05. The van der Waals surface area contributed by atoms with Gasteiger partial charge in [-0.2, -0.15) is 5.10 Å². The first-order valence-electron chi connectivity index (χ1n) is 11.7. The molecule has 29 heavy (non-hydrogen) atoms. The van der Waals surface area contributed by atoms with Crippen LogP contribution in [0, 0.1) is 0 Å². The summed E-state index contributed by atoms with van der Waals surface area (Å²) in [4.78, 5) is 19.6. The molecule has 0 bridgehead atoms. The van der Waals surface area contributed by atoms with Crippen molar-refractivity contribution in [3.05, 3.63) is 16.3 Å². The standard InChI is InChI=1S/C21H39N7O/c1-2-22-20(23-12-9-16-26-14-6-3-4-7-15-26)24-13-10-18-28-21(29)27-17-8-5-11-19(27)25-28/h2-18H2,1H3,(H2,22,23,24). The molecule has 0 aliphatic carbocycles. The molecule has 8 heteroatoms. The summed E-state index contributed by atoms with van der Waals surface area (Å²) in [5, 5.41) is 11.3. The maximum Gasteiger partial charge on any atom is 0.345 e. The summed E-state index contributed by atoms with van der Waals surface area (Å²) in [5.74, 6) is 1.82. The molecule has 0 amide bonds. The van der Waals surface area contributed by atoms with E-state index in [1.165, 1.54) is 45.3 Å². The number of guanidine groups is 1. The van der Waals surface area contributed by atoms with Crippen LogP contribution in [0.15, 0.2) is 9.79 Å². The molecule has 2 aliphatic heterocycles. The topological polar surface area (TPSA) is 79.5 Å². The molecule has 2 N–H and O–H groups in total. The molecule has 164 valence electrons. The number of likely N-dealkylation sites (tertiary alicyclic amines) is 1. The van der Waals surface area contributed by atoms with Crippen molar-refractivity contribution < 1.29 is 0 Å². The van der Waals surface area contributed by atoms with Crippen LogP contribution >= 0.6 is 0 Å². The lowest BCUT2D eigenvalue weighted by Crippen LogP contribution is -2.39. The zero-order valence-electron chi connectivity index (χ0n) is 18.2. The summed E-state index contributed by atoms with van der Waals surface area (Å²) < 4.78 is 3.46. The van der Waals surface area contributed by atoms with Gasteiger partial charge in [-0.05, 0) is 65.1 Å². The number of hydrogen-bond acceptors (Lipinski definition) is 4. The van der Waals surface area contributed by atoms with E-state index in [1.54, 1.807) is 4.68 Å². The van der Waals surface area contributed by atoms with Gasteiger partial charge in [0.2, 0.25) is 0 Å². The van der Waals surface area contributed by atoms with Crippen LogP contribution in [0.1, 0.15) is 64.1 Å². The van der Waals surface area contributed by atoms with E-state index in [1.807, 2.05) is 4.57 Å². The highest BCUT2D eigenvalue weighted by Gasteiger charge is 2.16. The van der Waals surface area contributed by atoms with Gasteiger partial charge in [0.05, 0.1) is 0 Å². The minimum atomic E-state index is 0.0437. The number of aryl methyl sites for hydroxylation is 2. The molecular weight excluding hydrogens is 366 g/mol. The van der Waals surface area contributed by atoms with Crippen molar-refractivity contribution in [2.75, 3.05) is 39.3 Å². The van der Waals surface area contributed by atoms with Crippen molar-refractivity contribution in [1.82, 2.24) is 29.9 Å². The largest absolute Gasteiger partial charge is 0.357 e.